The van der Waals surface area contributed by atoms with Crippen LogP contribution < -0.4 is 15.4 Å². The lowest BCUT2D eigenvalue weighted by atomic mass is 10.0. The molecule has 2 aromatic rings. The predicted octanol–water partition coefficient (Wildman–Crippen LogP) is 2.62. The fraction of sp³-hybridized carbons (Fsp3) is 0.333. The van der Waals surface area contributed by atoms with E-state index in [9.17, 15) is 0 Å². The minimum absolute atomic E-state index is 0.170. The summed E-state index contributed by atoms with van der Waals surface area (Å²) in [7, 11) is 1.95. The van der Waals surface area contributed by atoms with Crippen LogP contribution in [0.2, 0.25) is 0 Å². The van der Waals surface area contributed by atoms with Gasteiger partial charge in [0, 0.05) is 11.9 Å². The van der Waals surface area contributed by atoms with Crippen LogP contribution in [0.25, 0.3) is 10.8 Å². The number of hydrogen-bond donors (Lipinski definition) is 2. The summed E-state index contributed by atoms with van der Waals surface area (Å²) in [5, 5.41) is 9.21. The molecule has 0 radical (unpaired) electrons. The fourth-order valence-corrected chi connectivity index (χ4v) is 2.50. The van der Waals surface area contributed by atoms with Gasteiger partial charge in [-0.15, -0.1) is 0 Å². The number of hydrogen-bond acceptors (Lipinski definition) is 3. The molecule has 3 heteroatoms. The van der Waals surface area contributed by atoms with Gasteiger partial charge >= 0.3 is 0 Å². The number of benzene rings is 2. The molecule has 3 rings (SSSR count). The van der Waals surface area contributed by atoms with Crippen LogP contribution in [0.5, 0.6) is 5.75 Å². The average Bonchev–Trinajstić information content (AvgIpc) is 2.40. The van der Waals surface area contributed by atoms with E-state index < -0.39 is 0 Å². The first-order chi connectivity index (χ1) is 8.79. The first-order valence-electron chi connectivity index (χ1n) is 6.39. The summed E-state index contributed by atoms with van der Waals surface area (Å²) in [5.41, 5.74) is 1.12. The average molecular weight is 242 g/mol. The van der Waals surface area contributed by atoms with Crippen LogP contribution in [0.15, 0.2) is 36.4 Å². The Morgan fingerprint density at radius 1 is 1.22 bits per heavy atom. The second-order valence-corrected chi connectivity index (χ2v) is 4.81. The number of likely N-dealkylation sites (N-methyl/N-ethyl adjacent to an activating group) is 1. The van der Waals surface area contributed by atoms with Crippen LogP contribution in [0, 0.1) is 0 Å². The van der Waals surface area contributed by atoms with Crippen molar-refractivity contribution in [3.63, 3.8) is 0 Å². The molecule has 0 spiro atoms. The largest absolute Gasteiger partial charge is 0.485 e. The Labute approximate surface area is 107 Å². The van der Waals surface area contributed by atoms with Crippen LogP contribution in [0.4, 0.5) is 5.69 Å². The molecule has 94 valence electrons. The summed E-state index contributed by atoms with van der Waals surface area (Å²) in [6.45, 7) is 3.01. The second kappa shape index (κ2) is 4.50. The molecule has 2 N–H and O–H groups in total. The number of fused-ring (bicyclic) bond motifs is 3. The fourth-order valence-electron chi connectivity index (χ4n) is 2.50. The van der Waals surface area contributed by atoms with E-state index in [1.807, 2.05) is 7.05 Å². The number of rotatable bonds is 2. The Hall–Kier alpha value is -1.74. The summed E-state index contributed by atoms with van der Waals surface area (Å²) in [6.07, 6.45) is 0.170. The van der Waals surface area contributed by atoms with Crippen LogP contribution >= 0.6 is 0 Å². The molecular formula is C15H18N2O. The molecule has 0 aliphatic carbocycles. The Morgan fingerprint density at radius 3 is 2.89 bits per heavy atom. The van der Waals surface area contributed by atoms with Gasteiger partial charge in [-0.2, -0.15) is 0 Å². The lowest BCUT2D eigenvalue weighted by Gasteiger charge is -2.33. The third-order valence-corrected chi connectivity index (χ3v) is 3.50. The monoisotopic (exact) mass is 242 g/mol. The Kier molecular flexibility index (Phi) is 2.84. The van der Waals surface area contributed by atoms with Gasteiger partial charge in [0.15, 0.2) is 0 Å². The summed E-state index contributed by atoms with van der Waals surface area (Å²) in [5.74, 6) is 0.951. The number of ether oxygens (including phenoxy) is 1. The van der Waals surface area contributed by atoms with Crippen LogP contribution in [-0.4, -0.2) is 25.7 Å². The quantitative estimate of drug-likeness (QED) is 0.849. The van der Waals surface area contributed by atoms with Gasteiger partial charge < -0.3 is 15.4 Å². The molecule has 0 fully saturated rings. The maximum absolute atomic E-state index is 6.07. The first kappa shape index (κ1) is 11.4. The molecule has 2 atom stereocenters. The zero-order valence-electron chi connectivity index (χ0n) is 10.7. The number of nitrogens with one attached hydrogen (secondary N) is 2. The van der Waals surface area contributed by atoms with Crippen molar-refractivity contribution in [2.45, 2.75) is 19.1 Å². The maximum atomic E-state index is 6.07. The van der Waals surface area contributed by atoms with Gasteiger partial charge in [0.05, 0.1) is 11.7 Å². The lowest BCUT2D eigenvalue weighted by Crippen LogP contribution is -2.45. The van der Waals surface area contributed by atoms with E-state index in [1.54, 1.807) is 0 Å². The zero-order chi connectivity index (χ0) is 12.5. The molecule has 0 saturated heterocycles. The number of anilines is 1. The highest BCUT2D eigenvalue weighted by molar-refractivity contribution is 5.97. The van der Waals surface area contributed by atoms with E-state index in [-0.39, 0.29) is 6.10 Å². The normalized spacial score (nSPS) is 22.1. The van der Waals surface area contributed by atoms with Crippen molar-refractivity contribution in [3.05, 3.63) is 36.4 Å². The lowest BCUT2D eigenvalue weighted by molar-refractivity contribution is 0.174. The summed E-state index contributed by atoms with van der Waals surface area (Å²) in [4.78, 5) is 0. The minimum atomic E-state index is 0.170. The van der Waals surface area contributed by atoms with E-state index in [0.717, 1.165) is 18.0 Å². The molecule has 0 amide bonds. The van der Waals surface area contributed by atoms with Crippen molar-refractivity contribution in [3.8, 4) is 5.75 Å². The summed E-state index contributed by atoms with van der Waals surface area (Å²) in [6, 6.07) is 12.9. The molecule has 0 aromatic heterocycles. The van der Waals surface area contributed by atoms with E-state index in [1.165, 1.54) is 10.8 Å². The maximum Gasteiger partial charge on any atom is 0.143 e. The summed E-state index contributed by atoms with van der Waals surface area (Å²) < 4.78 is 6.07. The topological polar surface area (TPSA) is 33.3 Å². The van der Waals surface area contributed by atoms with Gasteiger partial charge in [0.25, 0.3) is 0 Å². The highest BCUT2D eigenvalue weighted by Gasteiger charge is 2.26. The molecule has 1 heterocycles. The van der Waals surface area contributed by atoms with Crippen molar-refractivity contribution >= 4 is 16.5 Å². The van der Waals surface area contributed by atoms with Crippen LogP contribution in [0.3, 0.4) is 0 Å². The zero-order valence-corrected chi connectivity index (χ0v) is 10.7. The van der Waals surface area contributed by atoms with Gasteiger partial charge in [-0.05, 0) is 25.4 Å². The Bertz CT molecular complexity index is 567. The molecule has 3 nitrogen and oxygen atoms in total. The van der Waals surface area contributed by atoms with Crippen molar-refractivity contribution in [1.82, 2.24) is 5.32 Å². The molecule has 0 bridgehead atoms. The van der Waals surface area contributed by atoms with Crippen molar-refractivity contribution in [2.75, 3.05) is 18.9 Å². The van der Waals surface area contributed by atoms with Gasteiger partial charge in [-0.1, -0.05) is 30.3 Å². The molecule has 2 unspecified atom stereocenters. The van der Waals surface area contributed by atoms with Crippen molar-refractivity contribution < 1.29 is 4.74 Å². The molecule has 0 saturated carbocycles. The molecule has 1 aliphatic rings. The smallest absolute Gasteiger partial charge is 0.143 e. The van der Waals surface area contributed by atoms with Gasteiger partial charge in [0.1, 0.15) is 11.9 Å². The highest BCUT2D eigenvalue weighted by atomic mass is 16.5. The van der Waals surface area contributed by atoms with Gasteiger partial charge in [-0.25, -0.2) is 0 Å². The standard InChI is InChI=1S/C15H18N2O/c1-10-14(9-16-2)18-13-8-7-11-5-3-4-6-12(11)15(13)17-10/h3-8,10,14,16-17H,9H2,1-2H3. The molecule has 1 aliphatic heterocycles. The predicted molar refractivity (Wildman–Crippen MR) is 75.4 cm³/mol. The minimum Gasteiger partial charge on any atom is -0.485 e. The third kappa shape index (κ3) is 1.81. The van der Waals surface area contributed by atoms with E-state index in [0.29, 0.717) is 6.04 Å². The SMILES string of the molecule is CNCC1Oc2ccc3ccccc3c2NC1C. The first-order valence-corrected chi connectivity index (χ1v) is 6.39. The van der Waals surface area contributed by atoms with E-state index in [2.05, 4.69) is 54.0 Å². The summed E-state index contributed by atoms with van der Waals surface area (Å²) >= 11 is 0. The molecule has 2 aromatic carbocycles. The van der Waals surface area contributed by atoms with Crippen LogP contribution in [0.1, 0.15) is 6.92 Å². The Morgan fingerprint density at radius 2 is 2.06 bits per heavy atom. The van der Waals surface area contributed by atoms with E-state index >= 15 is 0 Å². The van der Waals surface area contributed by atoms with E-state index in [4.69, 9.17) is 4.74 Å². The van der Waals surface area contributed by atoms with Gasteiger partial charge in [-0.3, -0.25) is 0 Å². The van der Waals surface area contributed by atoms with Crippen LogP contribution in [-0.2, 0) is 0 Å². The second-order valence-electron chi connectivity index (χ2n) is 4.81. The highest BCUT2D eigenvalue weighted by Crippen LogP contribution is 2.37. The van der Waals surface area contributed by atoms with Gasteiger partial charge in [0.2, 0.25) is 0 Å². The third-order valence-electron chi connectivity index (χ3n) is 3.50. The molecular weight excluding hydrogens is 224 g/mol. The van der Waals surface area contributed by atoms with Crippen molar-refractivity contribution in [2.24, 2.45) is 0 Å². The molecule has 18 heavy (non-hydrogen) atoms. The van der Waals surface area contributed by atoms with Crippen molar-refractivity contribution in [1.29, 1.82) is 0 Å². The Balaban J connectivity index is 2.06.